The highest BCUT2D eigenvalue weighted by Gasteiger charge is 2.33. The van der Waals surface area contributed by atoms with Crippen LogP contribution in [0, 0.1) is 11.8 Å². The topological polar surface area (TPSA) is 65.8 Å². The molecule has 2 aliphatic rings. The monoisotopic (exact) mass is 500 g/mol. The normalized spacial score (nSPS) is 17.8. The van der Waals surface area contributed by atoms with Crippen LogP contribution in [0.5, 0.6) is 5.75 Å². The number of pyridine rings is 1. The number of hydrogen-bond acceptors (Lipinski definition) is 5. The molecule has 1 saturated heterocycles. The second-order valence-electron chi connectivity index (χ2n) is 9.24. The molecule has 3 aromatic rings. The van der Waals surface area contributed by atoms with E-state index in [4.69, 9.17) is 21.4 Å². The average Bonchev–Trinajstić information content (AvgIpc) is 3.06. The molecular weight excluding hydrogens is 472 g/mol. The van der Waals surface area contributed by atoms with Crippen LogP contribution in [0.3, 0.4) is 0 Å². The average molecular weight is 501 g/mol. The van der Waals surface area contributed by atoms with E-state index < -0.39 is 5.60 Å². The van der Waals surface area contributed by atoms with Crippen LogP contribution in [-0.4, -0.2) is 46.3 Å². The molecule has 0 atom stereocenters. The molecule has 0 spiro atoms. The maximum Gasteiger partial charge on any atom is 0.131 e. The second-order valence-corrected chi connectivity index (χ2v) is 9.68. The van der Waals surface area contributed by atoms with Gasteiger partial charge in [0.2, 0.25) is 0 Å². The first-order valence-electron chi connectivity index (χ1n) is 12.3. The number of rotatable bonds is 4. The maximum atomic E-state index is 11.2. The molecule has 2 aliphatic heterocycles. The number of ether oxygens (including phenoxy) is 1. The zero-order valence-corrected chi connectivity index (χ0v) is 20.8. The molecule has 6 heteroatoms. The number of aliphatic hydroxyl groups excluding tert-OH is 1. The number of fused-ring (bicyclic) bond motifs is 2. The predicted octanol–water partition coefficient (Wildman–Crippen LogP) is 4.78. The molecule has 2 aromatic carbocycles. The second kappa shape index (κ2) is 10.9. The molecule has 1 fully saturated rings. The van der Waals surface area contributed by atoms with Gasteiger partial charge in [-0.15, -0.1) is 0 Å². The summed E-state index contributed by atoms with van der Waals surface area (Å²) >= 11 is 6.02. The van der Waals surface area contributed by atoms with Gasteiger partial charge < -0.3 is 19.8 Å². The van der Waals surface area contributed by atoms with Crippen molar-refractivity contribution >= 4 is 17.2 Å². The van der Waals surface area contributed by atoms with Gasteiger partial charge in [-0.2, -0.15) is 0 Å². The fourth-order valence-electron chi connectivity index (χ4n) is 4.98. The van der Waals surface area contributed by atoms with Crippen molar-refractivity contribution in [2.45, 2.75) is 31.5 Å². The summed E-state index contributed by atoms with van der Waals surface area (Å²) in [6.07, 6.45) is 6.30. The Morgan fingerprint density at radius 3 is 2.67 bits per heavy atom. The summed E-state index contributed by atoms with van der Waals surface area (Å²) in [6.45, 7) is 2.81. The van der Waals surface area contributed by atoms with Crippen molar-refractivity contribution in [3.05, 3.63) is 99.8 Å². The molecule has 0 unspecified atom stereocenters. The van der Waals surface area contributed by atoms with Gasteiger partial charge in [0, 0.05) is 47.5 Å². The lowest BCUT2D eigenvalue weighted by atomic mass is 9.84. The van der Waals surface area contributed by atoms with E-state index in [0.29, 0.717) is 24.5 Å². The Balaban J connectivity index is 1.33. The van der Waals surface area contributed by atoms with Gasteiger partial charge in [0.15, 0.2) is 0 Å². The Kier molecular flexibility index (Phi) is 7.41. The van der Waals surface area contributed by atoms with Crippen LogP contribution in [0.15, 0.2) is 66.9 Å². The fourth-order valence-corrected chi connectivity index (χ4v) is 5.11. The molecule has 0 saturated carbocycles. The van der Waals surface area contributed by atoms with E-state index in [1.54, 1.807) is 6.20 Å². The van der Waals surface area contributed by atoms with E-state index in [9.17, 15) is 5.11 Å². The van der Waals surface area contributed by atoms with Crippen LogP contribution in [0.25, 0.3) is 5.57 Å². The van der Waals surface area contributed by atoms with Crippen LogP contribution < -0.4 is 4.74 Å². The number of halogens is 1. The molecule has 0 aliphatic carbocycles. The molecule has 0 amide bonds. The van der Waals surface area contributed by atoms with Gasteiger partial charge in [-0.1, -0.05) is 47.7 Å². The summed E-state index contributed by atoms with van der Waals surface area (Å²) in [4.78, 5) is 6.96. The molecule has 184 valence electrons. The summed E-state index contributed by atoms with van der Waals surface area (Å²) in [5, 5.41) is 21.0. The van der Waals surface area contributed by atoms with Crippen LogP contribution in [-0.2, 0) is 12.2 Å². The molecule has 0 bridgehead atoms. The fraction of sp³-hybridized carbons (Fsp3) is 0.300. The summed E-state index contributed by atoms with van der Waals surface area (Å²) in [5.41, 5.74) is 5.03. The highest BCUT2D eigenvalue weighted by molar-refractivity contribution is 6.30. The van der Waals surface area contributed by atoms with Crippen molar-refractivity contribution in [2.24, 2.45) is 0 Å². The van der Waals surface area contributed by atoms with Crippen molar-refractivity contribution < 1.29 is 14.9 Å². The third-order valence-electron chi connectivity index (χ3n) is 6.98. The number of piperidine rings is 1. The van der Waals surface area contributed by atoms with Crippen molar-refractivity contribution in [3.63, 3.8) is 0 Å². The molecule has 3 heterocycles. The zero-order chi connectivity index (χ0) is 25.0. The van der Waals surface area contributed by atoms with E-state index in [1.807, 2.05) is 48.5 Å². The Hall–Kier alpha value is -3.14. The lowest BCUT2D eigenvalue weighted by Crippen LogP contribution is -2.42. The maximum absolute atomic E-state index is 11.2. The Morgan fingerprint density at radius 1 is 1.08 bits per heavy atom. The largest absolute Gasteiger partial charge is 0.487 e. The Labute approximate surface area is 217 Å². The summed E-state index contributed by atoms with van der Waals surface area (Å²) in [6, 6.07) is 17.5. The van der Waals surface area contributed by atoms with Gasteiger partial charge in [-0.05, 0) is 66.8 Å². The number of benzene rings is 2. The van der Waals surface area contributed by atoms with E-state index >= 15 is 0 Å². The van der Waals surface area contributed by atoms with Crippen LogP contribution in [0.1, 0.15) is 47.2 Å². The van der Waals surface area contributed by atoms with Crippen molar-refractivity contribution in [2.75, 3.05) is 26.2 Å². The van der Waals surface area contributed by atoms with Gasteiger partial charge in [0.1, 0.15) is 19.0 Å². The number of aromatic nitrogens is 1. The van der Waals surface area contributed by atoms with Gasteiger partial charge >= 0.3 is 0 Å². The standard InChI is InChI=1S/C30H29ClN2O3/c31-24-10-8-23(9-11-24)30(35)13-17-33(18-14-30)16-2-6-25-26-5-1-15-32-28(26)21-36-29-12-7-22(4-3-19-34)20-27(25)29/h1,5-12,15,20,34-35H,2,13-14,16-19,21H2/b25-6+. The van der Waals surface area contributed by atoms with E-state index in [-0.39, 0.29) is 6.61 Å². The van der Waals surface area contributed by atoms with E-state index in [2.05, 4.69) is 33.9 Å². The quantitative estimate of drug-likeness (QED) is 0.505. The zero-order valence-electron chi connectivity index (χ0n) is 20.1. The first-order valence-corrected chi connectivity index (χ1v) is 12.7. The number of likely N-dealkylation sites (tertiary alicyclic amines) is 1. The van der Waals surface area contributed by atoms with Crippen molar-refractivity contribution in [3.8, 4) is 17.6 Å². The van der Waals surface area contributed by atoms with Gasteiger partial charge in [0.25, 0.3) is 0 Å². The Bertz CT molecular complexity index is 1320. The highest BCUT2D eigenvalue weighted by Crippen LogP contribution is 2.37. The number of aliphatic hydroxyl groups is 2. The third-order valence-corrected chi connectivity index (χ3v) is 7.24. The van der Waals surface area contributed by atoms with Crippen LogP contribution in [0.4, 0.5) is 0 Å². The minimum absolute atomic E-state index is 0.175. The number of hydrogen-bond donors (Lipinski definition) is 2. The molecule has 5 rings (SSSR count). The summed E-state index contributed by atoms with van der Waals surface area (Å²) in [5.74, 6) is 6.54. The first kappa shape index (κ1) is 24.5. The predicted molar refractivity (Wildman–Crippen MR) is 142 cm³/mol. The smallest absolute Gasteiger partial charge is 0.131 e. The van der Waals surface area contributed by atoms with E-state index in [0.717, 1.165) is 65.3 Å². The molecule has 5 nitrogen and oxygen atoms in total. The molecule has 1 aromatic heterocycles. The molecular formula is C30H29ClN2O3. The van der Waals surface area contributed by atoms with Gasteiger partial charge in [-0.3, -0.25) is 4.98 Å². The SMILES string of the molecule is OCC#Cc1ccc2c(c1)/C(=C/CCN1CCC(O)(c3ccc(Cl)cc3)CC1)c1cccnc1CO2. The van der Waals surface area contributed by atoms with Crippen molar-refractivity contribution in [1.29, 1.82) is 0 Å². The summed E-state index contributed by atoms with van der Waals surface area (Å²) < 4.78 is 6.09. The van der Waals surface area contributed by atoms with E-state index in [1.165, 1.54) is 0 Å². The van der Waals surface area contributed by atoms with Gasteiger partial charge in [0.05, 0.1) is 11.3 Å². The van der Waals surface area contributed by atoms with Gasteiger partial charge in [-0.25, -0.2) is 0 Å². The number of nitrogens with zero attached hydrogens (tertiary/aromatic N) is 2. The molecule has 36 heavy (non-hydrogen) atoms. The van der Waals surface area contributed by atoms with Crippen LogP contribution >= 0.6 is 11.6 Å². The lowest BCUT2D eigenvalue weighted by Gasteiger charge is -2.38. The first-order chi connectivity index (χ1) is 17.6. The highest BCUT2D eigenvalue weighted by atomic mass is 35.5. The third kappa shape index (κ3) is 5.33. The molecule has 2 N–H and O–H groups in total. The molecule has 0 radical (unpaired) electrons. The van der Waals surface area contributed by atoms with Crippen molar-refractivity contribution in [1.82, 2.24) is 9.88 Å². The van der Waals surface area contributed by atoms with Crippen LogP contribution in [0.2, 0.25) is 5.02 Å². The minimum atomic E-state index is -0.798. The summed E-state index contributed by atoms with van der Waals surface area (Å²) in [7, 11) is 0. The minimum Gasteiger partial charge on any atom is -0.487 e. The Morgan fingerprint density at radius 2 is 1.89 bits per heavy atom. The lowest BCUT2D eigenvalue weighted by molar-refractivity contribution is -0.0254.